The molecule has 10 atom stereocenters. The maximum absolute atomic E-state index is 12.8. The van der Waals surface area contributed by atoms with Crippen LogP contribution in [0, 0.1) is 0 Å². The number of hydrogen-bond donors (Lipinski definition) is 8. The molecule has 0 radical (unpaired) electrons. The molecule has 68 heavy (non-hydrogen) atoms. The van der Waals surface area contributed by atoms with Crippen LogP contribution < -0.4 is 41.4 Å². The number of aliphatic hydroxyl groups excluding tert-OH is 4. The summed E-state index contributed by atoms with van der Waals surface area (Å²) in [5.41, 5.74) is 16.0. The minimum Gasteiger partial charge on any atom is -0.497 e. The number of nitrogens with zero attached hydrogens (tertiary/aromatic N) is 10. The van der Waals surface area contributed by atoms with Crippen LogP contribution in [0.15, 0.2) is 73.8 Å². The summed E-state index contributed by atoms with van der Waals surface area (Å²) in [5, 5.41) is 47.2. The summed E-state index contributed by atoms with van der Waals surface area (Å²) >= 11 is 0. The fourth-order valence-corrected chi connectivity index (χ4v) is 8.08. The normalized spacial score (nSPS) is 23.1. The third-order valence-corrected chi connectivity index (χ3v) is 11.7. The van der Waals surface area contributed by atoms with Gasteiger partial charge in [0, 0.05) is 28.2 Å². The van der Waals surface area contributed by atoms with Crippen LogP contribution in [0.5, 0.6) is 11.5 Å². The molecule has 2 aliphatic rings. The average Bonchev–Trinajstić information content (AvgIpc) is 4.12. The summed E-state index contributed by atoms with van der Waals surface area (Å²) in [6, 6.07) is 11.0. The Morgan fingerprint density at radius 2 is 1.01 bits per heavy atom. The number of nitrogens with one attached hydrogen (secondary N) is 2. The molecule has 0 bridgehead atoms. The molecular formula is C44H58N14O10. The van der Waals surface area contributed by atoms with Gasteiger partial charge in [-0.05, 0) is 48.2 Å². The smallest absolute Gasteiger partial charge is 0.237 e. The maximum Gasteiger partial charge on any atom is 0.237 e. The third kappa shape index (κ3) is 10.4. The molecule has 0 unspecified atom stereocenters. The van der Waals surface area contributed by atoms with Crippen molar-refractivity contribution in [1.29, 1.82) is 0 Å². The van der Waals surface area contributed by atoms with Crippen LogP contribution in [-0.4, -0.2) is 175 Å². The van der Waals surface area contributed by atoms with Gasteiger partial charge in [0.15, 0.2) is 46.4 Å². The monoisotopic (exact) mass is 942 g/mol. The van der Waals surface area contributed by atoms with Gasteiger partial charge < -0.3 is 71.3 Å². The Bertz CT molecular complexity index is 2450. The van der Waals surface area contributed by atoms with Crippen LogP contribution in [0.25, 0.3) is 22.3 Å². The van der Waals surface area contributed by atoms with E-state index >= 15 is 0 Å². The molecule has 4 aromatic heterocycles. The quantitative estimate of drug-likeness (QED) is 0.0542. The number of aromatic nitrogens is 8. The molecule has 0 saturated carbocycles. The molecule has 10 N–H and O–H groups in total. The number of rotatable bonds is 16. The molecule has 2 saturated heterocycles. The van der Waals surface area contributed by atoms with Crippen molar-refractivity contribution in [2.24, 2.45) is 11.5 Å². The first-order valence-electron chi connectivity index (χ1n) is 21.6. The Morgan fingerprint density at radius 3 is 1.34 bits per heavy atom. The minimum atomic E-state index is -1.18. The van der Waals surface area contributed by atoms with E-state index in [0.29, 0.717) is 58.3 Å². The third-order valence-electron chi connectivity index (χ3n) is 11.7. The fraction of sp³-hybridized carbons (Fsp3) is 0.455. The number of imidazole rings is 2. The Labute approximate surface area is 390 Å². The number of methoxy groups -OCH3 is 2. The van der Waals surface area contributed by atoms with Crippen LogP contribution in [0.4, 0.5) is 11.6 Å². The van der Waals surface area contributed by atoms with E-state index in [1.54, 1.807) is 57.4 Å². The van der Waals surface area contributed by atoms with Crippen LogP contribution in [0.3, 0.4) is 0 Å². The van der Waals surface area contributed by atoms with Gasteiger partial charge >= 0.3 is 0 Å². The topological polar surface area (TPSA) is 322 Å². The fourth-order valence-electron chi connectivity index (χ4n) is 8.08. The first-order valence-corrected chi connectivity index (χ1v) is 21.6. The summed E-state index contributed by atoms with van der Waals surface area (Å²) in [4.78, 5) is 55.0. The van der Waals surface area contributed by atoms with Crippen molar-refractivity contribution in [3.63, 3.8) is 0 Å². The van der Waals surface area contributed by atoms with Crippen LogP contribution in [0.2, 0.25) is 0 Å². The molecule has 0 spiro atoms. The molecule has 0 aliphatic carbocycles. The SMILES string of the molecule is COc1ccc(C[C@H](N)C(=O)N[C@H]2[C@@H](O)[C@H](n3cnc4c(N(C)C)ncnc43)O[C@@H]2CO)cc1.COc1ccc(C[C@H](N)C(=O)N[C@H]2[C@@H](O)[C@H](n3cnc4c(N(C)C)ncnc43)O[C@@H]2CO)cc1. The molecule has 24 heteroatoms. The number of anilines is 2. The van der Waals surface area contributed by atoms with E-state index < -0.39 is 86.1 Å². The second kappa shape index (κ2) is 21.5. The van der Waals surface area contributed by atoms with Crippen molar-refractivity contribution in [2.75, 3.05) is 65.4 Å². The lowest BCUT2D eigenvalue weighted by atomic mass is 10.0. The number of carbonyl (C=O) groups is 2. The summed E-state index contributed by atoms with van der Waals surface area (Å²) in [6.07, 6.45) is 0.499. The van der Waals surface area contributed by atoms with Crippen molar-refractivity contribution in [1.82, 2.24) is 49.7 Å². The average molecular weight is 943 g/mol. The standard InChI is InChI=1S/2C22H29N7O5/c2*1-28(2)19-17-20(25-10-24-19)29(11-26-17)22-18(31)16(15(9-30)34-22)27-21(32)14(23)8-12-4-6-13(33-3)7-5-12/h2*4-7,10-11,14-16,18,22,30-31H,8-9,23H2,1-3H3,(H,27,32)/t2*14-,15+,16+,18+,22+/m00/s1. The molecule has 6 heterocycles. The Balaban J connectivity index is 0.000000201. The van der Waals surface area contributed by atoms with E-state index in [4.69, 9.17) is 30.4 Å². The number of nitrogens with two attached hydrogens (primary N) is 2. The van der Waals surface area contributed by atoms with Crippen molar-refractivity contribution in [3.05, 3.63) is 85.0 Å². The zero-order valence-corrected chi connectivity index (χ0v) is 38.4. The highest BCUT2D eigenvalue weighted by atomic mass is 16.6. The highest BCUT2D eigenvalue weighted by Gasteiger charge is 2.47. The van der Waals surface area contributed by atoms with Gasteiger partial charge in [0.05, 0.1) is 64.3 Å². The highest BCUT2D eigenvalue weighted by molar-refractivity contribution is 5.85. The van der Waals surface area contributed by atoms with E-state index in [9.17, 15) is 30.0 Å². The predicted molar refractivity (Wildman–Crippen MR) is 247 cm³/mol. The van der Waals surface area contributed by atoms with E-state index in [1.165, 1.54) is 25.3 Å². The number of fused-ring (bicyclic) bond motifs is 2. The molecule has 2 fully saturated rings. The first-order chi connectivity index (χ1) is 32.7. The lowest BCUT2D eigenvalue weighted by Crippen LogP contribution is -2.53. The van der Waals surface area contributed by atoms with Crippen molar-refractivity contribution in [2.45, 2.75) is 73.9 Å². The van der Waals surface area contributed by atoms with E-state index in [0.717, 1.165) is 11.1 Å². The Kier molecular flexibility index (Phi) is 15.6. The van der Waals surface area contributed by atoms with Crippen molar-refractivity contribution >= 4 is 45.8 Å². The van der Waals surface area contributed by atoms with Crippen LogP contribution in [-0.2, 0) is 31.9 Å². The zero-order chi connectivity index (χ0) is 48.8. The summed E-state index contributed by atoms with van der Waals surface area (Å²) in [5.74, 6) is 1.72. The van der Waals surface area contributed by atoms with Crippen LogP contribution in [0.1, 0.15) is 23.6 Å². The number of aliphatic hydroxyl groups is 4. The van der Waals surface area contributed by atoms with Gasteiger partial charge in [-0.25, -0.2) is 29.9 Å². The molecule has 24 nitrogen and oxygen atoms in total. The molecule has 364 valence electrons. The molecule has 8 rings (SSSR count). The molecular weight excluding hydrogens is 885 g/mol. The van der Waals surface area contributed by atoms with Crippen molar-refractivity contribution < 1.29 is 49.0 Å². The second-order valence-electron chi connectivity index (χ2n) is 16.7. The highest BCUT2D eigenvalue weighted by Crippen LogP contribution is 2.34. The van der Waals surface area contributed by atoms with Gasteiger partial charge in [0.1, 0.15) is 48.6 Å². The lowest BCUT2D eigenvalue weighted by Gasteiger charge is -2.23. The first kappa shape index (κ1) is 49.3. The number of carbonyl (C=O) groups excluding carboxylic acids is 2. The lowest BCUT2D eigenvalue weighted by molar-refractivity contribution is -0.124. The maximum atomic E-state index is 12.8. The number of ether oxygens (including phenoxy) is 4. The number of benzene rings is 2. The largest absolute Gasteiger partial charge is 0.497 e. The van der Waals surface area contributed by atoms with E-state index in [1.807, 2.05) is 52.5 Å². The number of amides is 2. The molecule has 2 amide bonds. The summed E-state index contributed by atoms with van der Waals surface area (Å²) < 4.78 is 25.2. The minimum absolute atomic E-state index is 0.295. The zero-order valence-electron chi connectivity index (χ0n) is 38.4. The van der Waals surface area contributed by atoms with Crippen molar-refractivity contribution in [3.8, 4) is 11.5 Å². The second-order valence-corrected chi connectivity index (χ2v) is 16.7. The molecule has 2 aromatic carbocycles. The Hall–Kier alpha value is -6.64. The van der Waals surface area contributed by atoms with Crippen LogP contribution >= 0.6 is 0 Å². The van der Waals surface area contributed by atoms with E-state index in [2.05, 4.69) is 40.5 Å². The van der Waals surface area contributed by atoms with Gasteiger partial charge in [-0.2, -0.15) is 0 Å². The van der Waals surface area contributed by atoms with Gasteiger partial charge in [0.2, 0.25) is 11.8 Å². The summed E-state index contributed by atoms with van der Waals surface area (Å²) in [7, 11) is 10.5. The molecule has 2 aliphatic heterocycles. The summed E-state index contributed by atoms with van der Waals surface area (Å²) in [6.45, 7) is -0.812. The Morgan fingerprint density at radius 1 is 0.647 bits per heavy atom. The van der Waals surface area contributed by atoms with E-state index in [-0.39, 0.29) is 0 Å². The van der Waals surface area contributed by atoms with Gasteiger partial charge in [-0.1, -0.05) is 24.3 Å². The van der Waals surface area contributed by atoms with Gasteiger partial charge in [-0.3, -0.25) is 18.7 Å². The van der Waals surface area contributed by atoms with Gasteiger partial charge in [-0.15, -0.1) is 0 Å². The molecule has 6 aromatic rings. The predicted octanol–water partition coefficient (Wildman–Crippen LogP) is -1.59. The van der Waals surface area contributed by atoms with Gasteiger partial charge in [0.25, 0.3) is 0 Å². The number of hydrogen-bond acceptors (Lipinski definition) is 20.